The first-order chi connectivity index (χ1) is 9.78. The maximum atomic E-state index is 11.9. The first kappa shape index (κ1) is 15.6. The van der Waals surface area contributed by atoms with Crippen molar-refractivity contribution < 1.29 is 22.7 Å². The lowest BCUT2D eigenvalue weighted by molar-refractivity contribution is -0.129. The van der Waals surface area contributed by atoms with Crippen molar-refractivity contribution in [1.82, 2.24) is 9.88 Å². The van der Waals surface area contributed by atoms with Gasteiger partial charge in [-0.3, -0.25) is 4.79 Å². The van der Waals surface area contributed by atoms with Crippen molar-refractivity contribution in [2.24, 2.45) is 7.05 Å². The smallest absolute Gasteiger partial charge is 0.355 e. The van der Waals surface area contributed by atoms with Crippen LogP contribution in [0, 0.1) is 0 Å². The van der Waals surface area contributed by atoms with Crippen LogP contribution in [-0.4, -0.2) is 48.5 Å². The van der Waals surface area contributed by atoms with Crippen molar-refractivity contribution in [1.29, 1.82) is 0 Å². The fraction of sp³-hybridized carbons (Fsp3) is 0.538. The van der Waals surface area contributed by atoms with Crippen molar-refractivity contribution in [3.8, 4) is 0 Å². The van der Waals surface area contributed by atoms with E-state index in [0.717, 1.165) is 0 Å². The van der Waals surface area contributed by atoms with Crippen LogP contribution < -0.4 is 5.32 Å². The van der Waals surface area contributed by atoms with Crippen molar-refractivity contribution >= 4 is 21.7 Å². The highest BCUT2D eigenvalue weighted by Crippen LogP contribution is 2.12. The van der Waals surface area contributed by atoms with Crippen LogP contribution in [0.25, 0.3) is 0 Å². The second-order valence-electron chi connectivity index (χ2n) is 5.16. The van der Waals surface area contributed by atoms with E-state index < -0.39 is 33.9 Å². The summed E-state index contributed by atoms with van der Waals surface area (Å²) < 4.78 is 29.3. The monoisotopic (exact) mass is 314 g/mol. The van der Waals surface area contributed by atoms with Gasteiger partial charge in [0, 0.05) is 19.3 Å². The second kappa shape index (κ2) is 5.88. The Morgan fingerprint density at radius 2 is 2.19 bits per heavy atom. The summed E-state index contributed by atoms with van der Waals surface area (Å²) in [6, 6.07) is 2.89. The summed E-state index contributed by atoms with van der Waals surface area (Å²) in [6.45, 7) is 1.46. The van der Waals surface area contributed by atoms with E-state index in [9.17, 15) is 18.0 Å². The zero-order valence-corrected chi connectivity index (χ0v) is 12.7. The Morgan fingerprint density at radius 1 is 1.48 bits per heavy atom. The number of nitrogens with one attached hydrogen (secondary N) is 1. The van der Waals surface area contributed by atoms with Crippen LogP contribution >= 0.6 is 0 Å². The molecule has 21 heavy (non-hydrogen) atoms. The molecule has 8 heteroatoms. The van der Waals surface area contributed by atoms with E-state index in [1.807, 2.05) is 0 Å². The summed E-state index contributed by atoms with van der Waals surface area (Å²) in [6.07, 6.45) is 1.12. The molecule has 0 radical (unpaired) electrons. The number of esters is 1. The highest BCUT2D eigenvalue weighted by atomic mass is 32.2. The number of carbonyl (C=O) groups is 2. The first-order valence-corrected chi connectivity index (χ1v) is 8.44. The largest absolute Gasteiger partial charge is 0.448 e. The van der Waals surface area contributed by atoms with Gasteiger partial charge in [0.25, 0.3) is 5.91 Å². The molecular formula is C13H18N2O5S. The van der Waals surface area contributed by atoms with E-state index in [4.69, 9.17) is 4.74 Å². The maximum Gasteiger partial charge on any atom is 0.355 e. The number of hydrogen-bond donors (Lipinski definition) is 1. The molecular weight excluding hydrogens is 296 g/mol. The second-order valence-corrected chi connectivity index (χ2v) is 7.39. The van der Waals surface area contributed by atoms with Crippen molar-refractivity contribution in [2.75, 3.05) is 11.5 Å². The van der Waals surface area contributed by atoms with Gasteiger partial charge in [-0.15, -0.1) is 0 Å². The minimum atomic E-state index is -3.06. The minimum absolute atomic E-state index is 0.0583. The average Bonchev–Trinajstić information content (AvgIpc) is 2.95. The predicted molar refractivity (Wildman–Crippen MR) is 75.5 cm³/mol. The van der Waals surface area contributed by atoms with E-state index >= 15 is 0 Å². The average molecular weight is 314 g/mol. The third-order valence-corrected chi connectivity index (χ3v) is 5.15. The molecule has 1 aromatic rings. The van der Waals surface area contributed by atoms with Crippen LogP contribution in [0.1, 0.15) is 23.8 Å². The highest BCUT2D eigenvalue weighted by Gasteiger charge is 2.30. The lowest BCUT2D eigenvalue weighted by Gasteiger charge is -2.16. The lowest BCUT2D eigenvalue weighted by atomic mass is 10.2. The first-order valence-electron chi connectivity index (χ1n) is 6.61. The SMILES string of the molecule is C[C@H](OC(=O)c1cccn1C)C(=O)N[C@H]1CCS(=O)(=O)C1. The Morgan fingerprint density at radius 3 is 2.71 bits per heavy atom. The Labute approximate surface area is 123 Å². The number of hydrogen-bond acceptors (Lipinski definition) is 5. The van der Waals surface area contributed by atoms with Crippen LogP contribution in [0.4, 0.5) is 0 Å². The quantitative estimate of drug-likeness (QED) is 0.782. The molecule has 116 valence electrons. The molecule has 0 spiro atoms. The zero-order chi connectivity index (χ0) is 15.6. The zero-order valence-electron chi connectivity index (χ0n) is 11.9. The molecule has 1 fully saturated rings. The van der Waals surface area contributed by atoms with Gasteiger partial charge in [-0.2, -0.15) is 0 Å². The maximum absolute atomic E-state index is 11.9. The van der Waals surface area contributed by atoms with Crippen LogP contribution in [0.5, 0.6) is 0 Å². The van der Waals surface area contributed by atoms with Gasteiger partial charge < -0.3 is 14.6 Å². The summed E-state index contributed by atoms with van der Waals surface area (Å²) in [7, 11) is -1.36. The summed E-state index contributed by atoms with van der Waals surface area (Å²) >= 11 is 0. The van der Waals surface area contributed by atoms with E-state index in [2.05, 4.69) is 5.32 Å². The molecule has 1 aliphatic heterocycles. The number of carbonyl (C=O) groups excluding carboxylic acids is 2. The van der Waals surface area contributed by atoms with E-state index in [1.54, 1.807) is 29.9 Å². The van der Waals surface area contributed by atoms with Crippen molar-refractivity contribution in [3.05, 3.63) is 24.0 Å². The predicted octanol–water partition coefficient (Wildman–Crippen LogP) is -0.126. The molecule has 0 unspecified atom stereocenters. The van der Waals surface area contributed by atoms with Gasteiger partial charge in [0.2, 0.25) is 0 Å². The fourth-order valence-corrected chi connectivity index (χ4v) is 3.85. The molecule has 2 heterocycles. The molecule has 1 saturated heterocycles. The van der Waals surface area contributed by atoms with Gasteiger partial charge in [0.1, 0.15) is 5.69 Å². The van der Waals surface area contributed by atoms with Crippen molar-refractivity contribution in [2.45, 2.75) is 25.5 Å². The van der Waals surface area contributed by atoms with Crippen molar-refractivity contribution in [3.63, 3.8) is 0 Å². The van der Waals surface area contributed by atoms with Gasteiger partial charge in [0.05, 0.1) is 11.5 Å². The number of ether oxygens (including phenoxy) is 1. The summed E-state index contributed by atoms with van der Waals surface area (Å²) in [5, 5.41) is 2.60. The number of rotatable bonds is 4. The Balaban J connectivity index is 1.89. The lowest BCUT2D eigenvalue weighted by Crippen LogP contribution is -2.42. The molecule has 2 atom stereocenters. The fourth-order valence-electron chi connectivity index (χ4n) is 2.18. The Hall–Kier alpha value is -1.83. The van der Waals surface area contributed by atoms with Crippen LogP contribution in [0.15, 0.2) is 18.3 Å². The third kappa shape index (κ3) is 3.84. The molecule has 7 nitrogen and oxygen atoms in total. The van der Waals surface area contributed by atoms with Gasteiger partial charge in [-0.05, 0) is 25.5 Å². The topological polar surface area (TPSA) is 94.5 Å². The van der Waals surface area contributed by atoms with Crippen LogP contribution in [-0.2, 0) is 26.4 Å². The van der Waals surface area contributed by atoms with E-state index in [-0.39, 0.29) is 11.5 Å². The van der Waals surface area contributed by atoms with Crippen LogP contribution in [0.3, 0.4) is 0 Å². The molecule has 2 rings (SSSR count). The molecule has 1 aliphatic rings. The number of aryl methyl sites for hydroxylation is 1. The molecule has 1 N–H and O–H groups in total. The molecule has 0 bridgehead atoms. The Kier molecular flexibility index (Phi) is 4.36. The molecule has 1 amide bonds. The minimum Gasteiger partial charge on any atom is -0.448 e. The van der Waals surface area contributed by atoms with E-state index in [1.165, 1.54) is 6.92 Å². The third-order valence-electron chi connectivity index (χ3n) is 3.38. The van der Waals surface area contributed by atoms with Crippen LogP contribution in [0.2, 0.25) is 0 Å². The summed E-state index contributed by atoms with van der Waals surface area (Å²) in [5.74, 6) is -1.06. The number of amides is 1. The molecule has 0 aliphatic carbocycles. The molecule has 1 aromatic heterocycles. The number of aromatic nitrogens is 1. The van der Waals surface area contributed by atoms with Gasteiger partial charge >= 0.3 is 5.97 Å². The summed E-state index contributed by atoms with van der Waals surface area (Å²) in [5.41, 5.74) is 0.345. The van der Waals surface area contributed by atoms with Gasteiger partial charge in [0.15, 0.2) is 15.9 Å². The molecule has 0 aromatic carbocycles. The highest BCUT2D eigenvalue weighted by molar-refractivity contribution is 7.91. The number of nitrogens with zero attached hydrogens (tertiary/aromatic N) is 1. The standard InChI is InChI=1S/C13H18N2O5S/c1-9(20-13(17)11-4-3-6-15(11)2)12(16)14-10-5-7-21(18,19)8-10/h3-4,6,9-10H,5,7-8H2,1-2H3,(H,14,16)/t9-,10-/m0/s1. The summed E-state index contributed by atoms with van der Waals surface area (Å²) in [4.78, 5) is 23.8. The normalized spacial score (nSPS) is 21.7. The van der Waals surface area contributed by atoms with E-state index in [0.29, 0.717) is 12.1 Å². The van der Waals surface area contributed by atoms with Gasteiger partial charge in [-0.1, -0.05) is 0 Å². The van der Waals surface area contributed by atoms with Gasteiger partial charge in [-0.25, -0.2) is 13.2 Å². The number of sulfone groups is 1. The Bertz CT molecular complexity index is 649. The molecule has 0 saturated carbocycles.